The molecule has 0 aliphatic rings. The molecule has 7 rings (SSSR count). The third kappa shape index (κ3) is 3.78. The van der Waals surface area contributed by atoms with Crippen LogP contribution in [0.1, 0.15) is 0 Å². The minimum absolute atomic E-state index is 0.928. The van der Waals surface area contributed by atoms with Gasteiger partial charge >= 0.3 is 0 Å². The lowest BCUT2D eigenvalue weighted by atomic mass is 9.96. The van der Waals surface area contributed by atoms with Crippen LogP contribution in [-0.2, 0) is 0 Å². The fourth-order valence-corrected chi connectivity index (χ4v) is 5.37. The minimum atomic E-state index is 0.928. The van der Waals surface area contributed by atoms with Gasteiger partial charge in [-0.15, -0.1) is 0 Å². The smallest absolute Gasteiger partial charge is 0.135 e. The monoisotopic (exact) mass is 572 g/mol. The van der Waals surface area contributed by atoms with Crippen LogP contribution < -0.4 is 0 Å². The molecule has 0 fully saturated rings. The number of hydrogen-bond acceptors (Lipinski definition) is 1. The van der Waals surface area contributed by atoms with E-state index in [1.165, 1.54) is 47.7 Å². The molecule has 1 aromatic heterocycles. The summed E-state index contributed by atoms with van der Waals surface area (Å²) >= 11 is 2.35. The summed E-state index contributed by atoms with van der Waals surface area (Å²) in [6.07, 6.45) is 0. The van der Waals surface area contributed by atoms with E-state index in [1.54, 1.807) is 0 Å². The van der Waals surface area contributed by atoms with E-state index in [0.29, 0.717) is 0 Å². The molecule has 6 aromatic carbocycles. The van der Waals surface area contributed by atoms with Crippen molar-refractivity contribution in [2.24, 2.45) is 0 Å². The molecule has 2 heteroatoms. The molecule has 0 amide bonds. The van der Waals surface area contributed by atoms with Gasteiger partial charge in [-0.1, -0.05) is 84.9 Å². The van der Waals surface area contributed by atoms with Crippen molar-refractivity contribution in [3.05, 3.63) is 131 Å². The zero-order valence-electron chi connectivity index (χ0n) is 19.4. The summed E-state index contributed by atoms with van der Waals surface area (Å²) in [5.41, 5.74) is 9.19. The van der Waals surface area contributed by atoms with Crippen molar-refractivity contribution in [2.75, 3.05) is 0 Å². The summed E-state index contributed by atoms with van der Waals surface area (Å²) in [6, 6.07) is 45.7. The molecular formula is C34H21IO. The Morgan fingerprint density at radius 1 is 0.389 bits per heavy atom. The Balaban J connectivity index is 1.23. The maximum Gasteiger partial charge on any atom is 0.135 e. The van der Waals surface area contributed by atoms with Crippen molar-refractivity contribution < 1.29 is 4.42 Å². The first-order valence-electron chi connectivity index (χ1n) is 12.0. The number of furan rings is 1. The average Bonchev–Trinajstić information content (AvgIpc) is 3.31. The van der Waals surface area contributed by atoms with Gasteiger partial charge in [0, 0.05) is 14.3 Å². The Labute approximate surface area is 223 Å². The van der Waals surface area contributed by atoms with E-state index in [2.05, 4.69) is 138 Å². The van der Waals surface area contributed by atoms with Gasteiger partial charge in [-0.3, -0.25) is 0 Å². The Kier molecular flexibility index (Phi) is 5.14. The first-order chi connectivity index (χ1) is 17.7. The predicted molar refractivity (Wildman–Crippen MR) is 160 cm³/mol. The summed E-state index contributed by atoms with van der Waals surface area (Å²) in [7, 11) is 0. The molecular weight excluding hydrogens is 551 g/mol. The standard InChI is InChI=1S/C34H21IO/c35-30-16-13-24(14-17-30)27-12-10-25-9-11-26(19-29(25)20-27)22-5-7-23(8-6-22)28-15-18-34-32(21-28)31-3-1-2-4-33(31)36-34/h1-21H. The van der Waals surface area contributed by atoms with Crippen LogP contribution in [-0.4, -0.2) is 0 Å². The summed E-state index contributed by atoms with van der Waals surface area (Å²) in [5, 5.41) is 4.83. The van der Waals surface area contributed by atoms with Gasteiger partial charge in [0.15, 0.2) is 0 Å². The molecule has 1 nitrogen and oxygen atoms in total. The highest BCUT2D eigenvalue weighted by Crippen LogP contribution is 2.34. The molecule has 0 aliphatic heterocycles. The Morgan fingerprint density at radius 3 is 1.56 bits per heavy atom. The van der Waals surface area contributed by atoms with Crippen molar-refractivity contribution in [1.29, 1.82) is 0 Å². The van der Waals surface area contributed by atoms with Gasteiger partial charge in [-0.25, -0.2) is 0 Å². The number of fused-ring (bicyclic) bond motifs is 4. The van der Waals surface area contributed by atoms with E-state index in [-0.39, 0.29) is 0 Å². The van der Waals surface area contributed by atoms with Crippen LogP contribution in [0, 0.1) is 3.57 Å². The quantitative estimate of drug-likeness (QED) is 0.192. The van der Waals surface area contributed by atoms with Crippen LogP contribution in [0.4, 0.5) is 0 Å². The van der Waals surface area contributed by atoms with Gasteiger partial charge in [0.1, 0.15) is 11.2 Å². The van der Waals surface area contributed by atoms with Crippen LogP contribution in [0.3, 0.4) is 0 Å². The number of para-hydroxylation sites is 1. The molecule has 0 N–H and O–H groups in total. The third-order valence-electron chi connectivity index (χ3n) is 6.95. The zero-order chi connectivity index (χ0) is 24.1. The lowest BCUT2D eigenvalue weighted by Crippen LogP contribution is -1.83. The molecule has 0 aliphatic carbocycles. The number of halogens is 1. The van der Waals surface area contributed by atoms with Gasteiger partial charge < -0.3 is 4.42 Å². The normalized spacial score (nSPS) is 11.5. The van der Waals surface area contributed by atoms with Crippen LogP contribution in [0.25, 0.3) is 66.1 Å². The first kappa shape index (κ1) is 21.4. The van der Waals surface area contributed by atoms with E-state index in [0.717, 1.165) is 21.9 Å². The number of hydrogen-bond donors (Lipinski definition) is 0. The van der Waals surface area contributed by atoms with Crippen LogP contribution in [0.15, 0.2) is 132 Å². The maximum absolute atomic E-state index is 6.00. The third-order valence-corrected chi connectivity index (χ3v) is 7.67. The van der Waals surface area contributed by atoms with Gasteiger partial charge in [0.2, 0.25) is 0 Å². The van der Waals surface area contributed by atoms with Crippen LogP contribution >= 0.6 is 22.6 Å². The molecule has 0 unspecified atom stereocenters. The van der Waals surface area contributed by atoms with E-state index in [1.807, 2.05) is 12.1 Å². The molecule has 0 saturated carbocycles. The largest absolute Gasteiger partial charge is 0.456 e. The topological polar surface area (TPSA) is 13.1 Å². The Hall–Kier alpha value is -3.89. The SMILES string of the molecule is Ic1ccc(-c2ccc3ccc(-c4ccc(-c5ccc6oc7ccccc7c6c5)cc4)cc3c2)cc1. The maximum atomic E-state index is 6.00. The van der Waals surface area contributed by atoms with E-state index in [9.17, 15) is 0 Å². The Bertz CT molecular complexity index is 1880. The van der Waals surface area contributed by atoms with Crippen molar-refractivity contribution in [3.63, 3.8) is 0 Å². The van der Waals surface area contributed by atoms with Crippen molar-refractivity contribution in [2.45, 2.75) is 0 Å². The highest BCUT2D eigenvalue weighted by Gasteiger charge is 2.09. The molecule has 0 radical (unpaired) electrons. The first-order valence-corrected chi connectivity index (χ1v) is 13.1. The van der Waals surface area contributed by atoms with Crippen LogP contribution in [0.2, 0.25) is 0 Å². The van der Waals surface area contributed by atoms with E-state index >= 15 is 0 Å². The van der Waals surface area contributed by atoms with Gasteiger partial charge in [-0.2, -0.15) is 0 Å². The zero-order valence-corrected chi connectivity index (χ0v) is 21.6. The average molecular weight is 572 g/mol. The summed E-state index contributed by atoms with van der Waals surface area (Å²) < 4.78 is 7.25. The molecule has 7 aromatic rings. The lowest BCUT2D eigenvalue weighted by Gasteiger charge is -2.09. The molecule has 36 heavy (non-hydrogen) atoms. The predicted octanol–water partition coefficient (Wildman–Crippen LogP) is 10.3. The fourth-order valence-electron chi connectivity index (χ4n) is 5.01. The molecule has 0 atom stereocenters. The highest BCUT2D eigenvalue weighted by molar-refractivity contribution is 14.1. The fraction of sp³-hybridized carbons (Fsp3) is 0. The highest BCUT2D eigenvalue weighted by atomic mass is 127. The number of rotatable bonds is 3. The van der Waals surface area contributed by atoms with Crippen molar-refractivity contribution in [3.8, 4) is 33.4 Å². The van der Waals surface area contributed by atoms with Gasteiger partial charge in [0.05, 0.1) is 0 Å². The summed E-state index contributed by atoms with van der Waals surface area (Å²) in [4.78, 5) is 0. The van der Waals surface area contributed by atoms with Crippen molar-refractivity contribution in [1.82, 2.24) is 0 Å². The molecule has 170 valence electrons. The van der Waals surface area contributed by atoms with Gasteiger partial charge in [-0.05, 0) is 109 Å². The summed E-state index contributed by atoms with van der Waals surface area (Å²) in [5.74, 6) is 0. The molecule has 0 spiro atoms. The van der Waals surface area contributed by atoms with E-state index < -0.39 is 0 Å². The second-order valence-corrected chi connectivity index (χ2v) is 10.4. The van der Waals surface area contributed by atoms with Crippen molar-refractivity contribution >= 4 is 55.3 Å². The second-order valence-electron chi connectivity index (χ2n) is 9.17. The minimum Gasteiger partial charge on any atom is -0.456 e. The van der Waals surface area contributed by atoms with Gasteiger partial charge in [0.25, 0.3) is 0 Å². The van der Waals surface area contributed by atoms with E-state index in [4.69, 9.17) is 4.42 Å². The molecule has 1 heterocycles. The second kappa shape index (κ2) is 8.65. The molecule has 0 bridgehead atoms. The van der Waals surface area contributed by atoms with Crippen LogP contribution in [0.5, 0.6) is 0 Å². The summed E-state index contributed by atoms with van der Waals surface area (Å²) in [6.45, 7) is 0. The Morgan fingerprint density at radius 2 is 0.889 bits per heavy atom. The number of benzene rings is 6. The molecule has 0 saturated heterocycles. The lowest BCUT2D eigenvalue weighted by molar-refractivity contribution is 0.669.